The monoisotopic (exact) mass is 356 g/mol. The molecule has 4 rings (SSSR count). The van der Waals surface area contributed by atoms with Crippen LogP contribution in [0.2, 0.25) is 0 Å². The first-order chi connectivity index (χ1) is 13.2. The lowest BCUT2D eigenvalue weighted by Crippen LogP contribution is -2.11. The fourth-order valence-corrected chi connectivity index (χ4v) is 3.39. The fourth-order valence-electron chi connectivity index (χ4n) is 3.39. The molecule has 0 amide bonds. The van der Waals surface area contributed by atoms with E-state index in [0.717, 1.165) is 46.1 Å². The molecule has 3 aromatic carbocycles. The second-order valence-corrected chi connectivity index (χ2v) is 6.75. The van der Waals surface area contributed by atoms with Gasteiger partial charge >= 0.3 is 0 Å². The van der Waals surface area contributed by atoms with Gasteiger partial charge in [0.1, 0.15) is 5.82 Å². The second kappa shape index (κ2) is 7.68. The van der Waals surface area contributed by atoms with E-state index in [0.29, 0.717) is 0 Å². The van der Waals surface area contributed by atoms with Gasteiger partial charge in [-0.2, -0.15) is 0 Å². The van der Waals surface area contributed by atoms with Gasteiger partial charge in [0.2, 0.25) is 0 Å². The number of rotatable bonds is 5. The molecule has 2 nitrogen and oxygen atoms in total. The summed E-state index contributed by atoms with van der Waals surface area (Å²) < 4.78 is 13.4. The Hall–Kier alpha value is -3.04. The maximum absolute atomic E-state index is 13.4. The molecule has 0 fully saturated rings. The summed E-state index contributed by atoms with van der Waals surface area (Å²) in [5.41, 5.74) is 11.4. The summed E-state index contributed by atoms with van der Waals surface area (Å²) in [4.78, 5) is 4.86. The van der Waals surface area contributed by atoms with Crippen LogP contribution < -0.4 is 5.73 Å². The first-order valence-corrected chi connectivity index (χ1v) is 9.16. The minimum Gasteiger partial charge on any atom is -0.324 e. The van der Waals surface area contributed by atoms with E-state index >= 15 is 0 Å². The van der Waals surface area contributed by atoms with Crippen molar-refractivity contribution in [3.63, 3.8) is 0 Å². The van der Waals surface area contributed by atoms with E-state index in [9.17, 15) is 4.39 Å². The summed E-state index contributed by atoms with van der Waals surface area (Å²) in [5, 5.41) is 1.10. The van der Waals surface area contributed by atoms with Crippen molar-refractivity contribution in [2.45, 2.75) is 18.9 Å². The number of nitrogens with zero attached hydrogens (tertiary/aromatic N) is 1. The molecule has 1 unspecified atom stereocenters. The number of benzene rings is 3. The lowest BCUT2D eigenvalue weighted by Gasteiger charge is -2.15. The number of hydrogen-bond acceptors (Lipinski definition) is 2. The number of pyridine rings is 1. The number of aromatic nitrogens is 1. The van der Waals surface area contributed by atoms with Crippen molar-refractivity contribution in [2.24, 2.45) is 5.73 Å². The molecule has 1 aromatic heterocycles. The molecular weight excluding hydrogens is 335 g/mol. The molecule has 0 aliphatic rings. The molecule has 4 aromatic rings. The van der Waals surface area contributed by atoms with Crippen LogP contribution >= 0.6 is 0 Å². The first-order valence-electron chi connectivity index (χ1n) is 9.16. The SMILES string of the molecule is NC(CCc1cc2ccccc2nc1-c1ccc(F)cc1)c1ccccc1. The van der Waals surface area contributed by atoms with Crippen molar-refractivity contribution in [1.29, 1.82) is 0 Å². The molecule has 3 heteroatoms. The fraction of sp³-hybridized carbons (Fsp3) is 0.125. The van der Waals surface area contributed by atoms with E-state index < -0.39 is 0 Å². The van der Waals surface area contributed by atoms with Gasteiger partial charge in [0.15, 0.2) is 0 Å². The molecule has 134 valence electrons. The van der Waals surface area contributed by atoms with Crippen molar-refractivity contribution < 1.29 is 4.39 Å². The predicted molar refractivity (Wildman–Crippen MR) is 109 cm³/mol. The minimum atomic E-state index is -0.243. The lowest BCUT2D eigenvalue weighted by atomic mass is 9.95. The van der Waals surface area contributed by atoms with E-state index in [2.05, 4.69) is 24.3 Å². The number of para-hydroxylation sites is 1. The van der Waals surface area contributed by atoms with Gasteiger partial charge in [-0.15, -0.1) is 0 Å². The Balaban J connectivity index is 1.69. The molecule has 0 saturated heterocycles. The van der Waals surface area contributed by atoms with Crippen LogP contribution in [0.1, 0.15) is 23.6 Å². The van der Waals surface area contributed by atoms with E-state index in [-0.39, 0.29) is 11.9 Å². The van der Waals surface area contributed by atoms with Crippen LogP contribution in [0.3, 0.4) is 0 Å². The van der Waals surface area contributed by atoms with E-state index in [4.69, 9.17) is 10.7 Å². The normalized spacial score (nSPS) is 12.2. The summed E-state index contributed by atoms with van der Waals surface area (Å²) in [6, 6.07) is 26.9. The van der Waals surface area contributed by atoms with Crippen molar-refractivity contribution >= 4 is 10.9 Å². The summed E-state index contributed by atoms with van der Waals surface area (Å²) in [6.07, 6.45) is 1.62. The third kappa shape index (κ3) is 3.88. The maximum atomic E-state index is 13.4. The smallest absolute Gasteiger partial charge is 0.123 e. The summed E-state index contributed by atoms with van der Waals surface area (Å²) >= 11 is 0. The van der Waals surface area contributed by atoms with Crippen molar-refractivity contribution in [3.8, 4) is 11.3 Å². The van der Waals surface area contributed by atoms with Gasteiger partial charge in [-0.05, 0) is 60.4 Å². The van der Waals surface area contributed by atoms with Crippen molar-refractivity contribution in [2.75, 3.05) is 0 Å². The Morgan fingerprint density at radius 1 is 0.852 bits per heavy atom. The second-order valence-electron chi connectivity index (χ2n) is 6.75. The van der Waals surface area contributed by atoms with Crippen LogP contribution in [0, 0.1) is 5.82 Å². The number of nitrogens with two attached hydrogens (primary N) is 1. The standard InChI is InChI=1S/C24H21FN2/c25-21-13-10-18(11-14-21)24-20(16-19-8-4-5-9-23(19)27-24)12-15-22(26)17-6-2-1-3-7-17/h1-11,13-14,16,22H,12,15,26H2. The Labute approximate surface area is 158 Å². The van der Waals surface area contributed by atoms with Crippen LogP contribution in [-0.4, -0.2) is 4.98 Å². The Morgan fingerprint density at radius 3 is 2.33 bits per heavy atom. The summed E-state index contributed by atoms with van der Waals surface area (Å²) in [5.74, 6) is -0.243. The highest BCUT2D eigenvalue weighted by Crippen LogP contribution is 2.28. The molecule has 27 heavy (non-hydrogen) atoms. The lowest BCUT2D eigenvalue weighted by molar-refractivity contribution is 0.628. The van der Waals surface area contributed by atoms with Crippen molar-refractivity contribution in [3.05, 3.63) is 102 Å². The molecule has 2 N–H and O–H groups in total. The molecule has 1 heterocycles. The molecule has 0 radical (unpaired) electrons. The number of aryl methyl sites for hydroxylation is 1. The highest BCUT2D eigenvalue weighted by Gasteiger charge is 2.12. The highest BCUT2D eigenvalue weighted by atomic mass is 19.1. The third-order valence-corrected chi connectivity index (χ3v) is 4.87. The van der Waals surface area contributed by atoms with Gasteiger partial charge in [-0.1, -0.05) is 48.5 Å². The maximum Gasteiger partial charge on any atom is 0.123 e. The van der Waals surface area contributed by atoms with Crippen LogP contribution in [0.4, 0.5) is 4.39 Å². The van der Waals surface area contributed by atoms with Gasteiger partial charge < -0.3 is 5.73 Å². The van der Waals surface area contributed by atoms with Crippen LogP contribution in [0.25, 0.3) is 22.2 Å². The van der Waals surface area contributed by atoms with E-state index in [1.807, 2.05) is 36.4 Å². The molecule has 1 atom stereocenters. The number of halogens is 1. The third-order valence-electron chi connectivity index (χ3n) is 4.87. The average molecular weight is 356 g/mol. The summed E-state index contributed by atoms with van der Waals surface area (Å²) in [7, 11) is 0. The van der Waals surface area contributed by atoms with Crippen LogP contribution in [0.15, 0.2) is 84.9 Å². The molecule has 0 saturated carbocycles. The molecule has 0 bridgehead atoms. The largest absolute Gasteiger partial charge is 0.324 e. The summed E-state index contributed by atoms with van der Waals surface area (Å²) in [6.45, 7) is 0. The quantitative estimate of drug-likeness (QED) is 0.500. The Morgan fingerprint density at radius 2 is 1.56 bits per heavy atom. The van der Waals surface area contributed by atoms with Gasteiger partial charge in [-0.25, -0.2) is 9.37 Å². The zero-order valence-corrected chi connectivity index (χ0v) is 15.0. The Bertz CT molecular complexity index is 1040. The van der Waals surface area contributed by atoms with Gasteiger partial charge in [0.05, 0.1) is 11.2 Å². The van der Waals surface area contributed by atoms with E-state index in [1.165, 1.54) is 12.1 Å². The molecular formula is C24H21FN2. The highest BCUT2D eigenvalue weighted by molar-refractivity contribution is 5.83. The zero-order chi connectivity index (χ0) is 18.6. The van der Waals surface area contributed by atoms with Gasteiger partial charge in [-0.3, -0.25) is 0 Å². The molecule has 0 aliphatic heterocycles. The topological polar surface area (TPSA) is 38.9 Å². The first kappa shape index (κ1) is 17.4. The predicted octanol–water partition coefficient (Wildman–Crippen LogP) is 5.67. The number of fused-ring (bicyclic) bond motifs is 1. The molecule has 0 aliphatic carbocycles. The van der Waals surface area contributed by atoms with Crippen LogP contribution in [0.5, 0.6) is 0 Å². The van der Waals surface area contributed by atoms with Gasteiger partial charge in [0, 0.05) is 17.0 Å². The van der Waals surface area contributed by atoms with Gasteiger partial charge in [0.25, 0.3) is 0 Å². The van der Waals surface area contributed by atoms with E-state index in [1.54, 1.807) is 12.1 Å². The van der Waals surface area contributed by atoms with Crippen molar-refractivity contribution in [1.82, 2.24) is 4.98 Å². The average Bonchev–Trinajstić information content (AvgIpc) is 2.72. The Kier molecular flexibility index (Phi) is 4.95. The molecule has 0 spiro atoms. The van der Waals surface area contributed by atoms with Crippen LogP contribution in [-0.2, 0) is 6.42 Å². The zero-order valence-electron chi connectivity index (χ0n) is 15.0. The number of hydrogen-bond donors (Lipinski definition) is 1. The minimum absolute atomic E-state index is 0.0289.